The molecule has 192 valence electrons. The SMILES string of the molecule is CC(C)c1ccccc1NC(=S)N/N=C/c1ccc2c(COc3ccc(OC(F)(F)F)cc3)noc2c1. The summed E-state index contributed by atoms with van der Waals surface area (Å²) < 4.78 is 51.7. The summed E-state index contributed by atoms with van der Waals surface area (Å²) in [5.74, 6) is 0.380. The average Bonchev–Trinajstić information content (AvgIpc) is 3.25. The number of nitrogens with zero attached hydrogens (tertiary/aromatic N) is 2. The summed E-state index contributed by atoms with van der Waals surface area (Å²) >= 11 is 5.34. The Morgan fingerprint density at radius 2 is 1.81 bits per heavy atom. The van der Waals surface area contributed by atoms with Gasteiger partial charge in [-0.15, -0.1) is 13.2 Å². The number of nitrogens with one attached hydrogen (secondary N) is 2. The van der Waals surface area contributed by atoms with Gasteiger partial charge < -0.3 is 19.3 Å². The van der Waals surface area contributed by atoms with Crippen LogP contribution in [0.2, 0.25) is 0 Å². The van der Waals surface area contributed by atoms with Crippen LogP contribution in [-0.4, -0.2) is 22.8 Å². The Labute approximate surface area is 216 Å². The monoisotopic (exact) mass is 528 g/mol. The Morgan fingerprint density at radius 3 is 2.54 bits per heavy atom. The third-order valence-corrected chi connectivity index (χ3v) is 5.41. The van der Waals surface area contributed by atoms with Crippen molar-refractivity contribution in [1.29, 1.82) is 0 Å². The number of ether oxygens (including phenoxy) is 2. The lowest BCUT2D eigenvalue weighted by molar-refractivity contribution is -0.274. The van der Waals surface area contributed by atoms with E-state index < -0.39 is 6.36 Å². The van der Waals surface area contributed by atoms with Gasteiger partial charge in [-0.25, -0.2) is 0 Å². The van der Waals surface area contributed by atoms with Gasteiger partial charge in [-0.1, -0.05) is 43.3 Å². The van der Waals surface area contributed by atoms with Gasteiger partial charge in [-0.3, -0.25) is 5.43 Å². The van der Waals surface area contributed by atoms with Crippen LogP contribution in [0.15, 0.2) is 76.4 Å². The smallest absolute Gasteiger partial charge is 0.487 e. The summed E-state index contributed by atoms with van der Waals surface area (Å²) in [4.78, 5) is 0. The fourth-order valence-corrected chi connectivity index (χ4v) is 3.67. The number of thiocarbonyl (C=S) groups is 1. The highest BCUT2D eigenvalue weighted by molar-refractivity contribution is 7.80. The maximum atomic E-state index is 12.3. The van der Waals surface area contributed by atoms with E-state index in [9.17, 15) is 13.2 Å². The minimum absolute atomic E-state index is 0.0687. The predicted octanol–water partition coefficient (Wildman–Crippen LogP) is 6.75. The highest BCUT2D eigenvalue weighted by Gasteiger charge is 2.31. The number of para-hydroxylation sites is 1. The molecule has 0 saturated carbocycles. The zero-order valence-corrected chi connectivity index (χ0v) is 20.7. The molecule has 3 aromatic carbocycles. The molecule has 0 saturated heterocycles. The number of benzene rings is 3. The topological polar surface area (TPSA) is 80.9 Å². The molecule has 0 amide bonds. The van der Waals surface area contributed by atoms with Gasteiger partial charge in [0, 0.05) is 11.1 Å². The lowest BCUT2D eigenvalue weighted by Gasteiger charge is -2.14. The van der Waals surface area contributed by atoms with Crippen LogP contribution in [0.25, 0.3) is 11.0 Å². The second kappa shape index (κ2) is 11.3. The van der Waals surface area contributed by atoms with Gasteiger partial charge >= 0.3 is 6.36 Å². The molecule has 0 spiro atoms. The first kappa shape index (κ1) is 26.0. The minimum atomic E-state index is -4.75. The van der Waals surface area contributed by atoms with Gasteiger partial charge in [-0.2, -0.15) is 5.10 Å². The van der Waals surface area contributed by atoms with Crippen molar-refractivity contribution in [3.05, 3.63) is 83.6 Å². The van der Waals surface area contributed by atoms with Crippen molar-refractivity contribution < 1.29 is 27.2 Å². The Balaban J connectivity index is 1.33. The zero-order chi connectivity index (χ0) is 26.4. The van der Waals surface area contributed by atoms with Crippen molar-refractivity contribution in [2.75, 3.05) is 5.32 Å². The number of aromatic nitrogens is 1. The normalized spacial score (nSPS) is 11.7. The number of halogens is 3. The van der Waals surface area contributed by atoms with Crippen molar-refractivity contribution in [1.82, 2.24) is 10.6 Å². The van der Waals surface area contributed by atoms with Crippen LogP contribution in [0.3, 0.4) is 0 Å². The summed E-state index contributed by atoms with van der Waals surface area (Å²) in [5.41, 5.74) is 6.71. The lowest BCUT2D eigenvalue weighted by Crippen LogP contribution is -2.24. The third-order valence-electron chi connectivity index (χ3n) is 5.21. The number of hydrazone groups is 1. The van der Waals surface area contributed by atoms with Crippen LogP contribution in [-0.2, 0) is 6.61 Å². The summed E-state index contributed by atoms with van der Waals surface area (Å²) in [6, 6.07) is 18.5. The molecule has 0 bridgehead atoms. The molecule has 4 aromatic rings. The quantitative estimate of drug-likeness (QED) is 0.149. The standard InChI is InChI=1S/C26H23F3N4O3S/c1-16(2)20-5-3-4-6-22(20)31-25(37)32-30-14-17-7-12-21-23(33-36-24(21)13-17)15-34-18-8-10-19(11-9-18)35-26(27,28)29/h3-14,16H,15H2,1-2H3,(H2,31,32,37)/b30-14+. The molecular weight excluding hydrogens is 505 g/mol. The van der Waals surface area contributed by atoms with Crippen LogP contribution in [0, 0.1) is 0 Å². The van der Waals surface area contributed by atoms with E-state index in [0.29, 0.717) is 28.1 Å². The first-order chi connectivity index (χ1) is 17.7. The van der Waals surface area contributed by atoms with Crippen LogP contribution < -0.4 is 20.2 Å². The van der Waals surface area contributed by atoms with Crippen molar-refractivity contribution in [2.24, 2.45) is 5.10 Å². The highest BCUT2D eigenvalue weighted by atomic mass is 32.1. The van der Waals surface area contributed by atoms with Crippen molar-refractivity contribution >= 4 is 40.2 Å². The summed E-state index contributed by atoms with van der Waals surface area (Å²) in [6.07, 6.45) is -3.14. The van der Waals surface area contributed by atoms with Gasteiger partial charge in [0.2, 0.25) is 0 Å². The number of rotatable bonds is 8. The summed E-state index contributed by atoms with van der Waals surface area (Å²) in [5, 5.41) is 12.5. The van der Waals surface area contributed by atoms with Crippen molar-refractivity contribution in [2.45, 2.75) is 32.7 Å². The maximum absolute atomic E-state index is 12.3. The fourth-order valence-electron chi connectivity index (χ4n) is 3.51. The van der Waals surface area contributed by atoms with E-state index in [4.69, 9.17) is 21.5 Å². The number of alkyl halides is 3. The van der Waals surface area contributed by atoms with E-state index in [1.807, 2.05) is 36.4 Å². The largest absolute Gasteiger partial charge is 0.573 e. The zero-order valence-electron chi connectivity index (χ0n) is 19.9. The molecule has 0 atom stereocenters. The summed E-state index contributed by atoms with van der Waals surface area (Å²) in [7, 11) is 0. The molecule has 7 nitrogen and oxygen atoms in total. The predicted molar refractivity (Wildman–Crippen MR) is 139 cm³/mol. The molecule has 2 N–H and O–H groups in total. The molecule has 0 aliphatic heterocycles. The maximum Gasteiger partial charge on any atom is 0.573 e. The second-order valence-corrected chi connectivity index (χ2v) is 8.67. The van der Waals surface area contributed by atoms with Crippen molar-refractivity contribution in [3.8, 4) is 11.5 Å². The van der Waals surface area contributed by atoms with E-state index in [2.05, 4.69) is 39.6 Å². The van der Waals surface area contributed by atoms with E-state index in [0.717, 1.165) is 22.2 Å². The van der Waals surface area contributed by atoms with Crippen LogP contribution in [0.1, 0.15) is 36.6 Å². The third kappa shape index (κ3) is 7.20. The molecule has 1 aromatic heterocycles. The van der Waals surface area contributed by atoms with Crippen LogP contribution in [0.4, 0.5) is 18.9 Å². The molecule has 0 fully saturated rings. The minimum Gasteiger partial charge on any atom is -0.487 e. The Bertz CT molecular complexity index is 1400. The number of fused-ring (bicyclic) bond motifs is 1. The van der Waals surface area contributed by atoms with Crippen LogP contribution >= 0.6 is 12.2 Å². The molecule has 4 rings (SSSR count). The Kier molecular flexibility index (Phi) is 7.92. The first-order valence-corrected chi connectivity index (χ1v) is 11.6. The number of hydrogen-bond donors (Lipinski definition) is 2. The second-order valence-electron chi connectivity index (χ2n) is 8.26. The molecular formula is C26H23F3N4O3S. The molecule has 0 radical (unpaired) electrons. The van der Waals surface area contributed by atoms with E-state index in [-0.39, 0.29) is 12.4 Å². The Morgan fingerprint density at radius 1 is 1.08 bits per heavy atom. The molecule has 0 unspecified atom stereocenters. The molecule has 37 heavy (non-hydrogen) atoms. The van der Waals surface area contributed by atoms with Crippen molar-refractivity contribution in [3.63, 3.8) is 0 Å². The first-order valence-electron chi connectivity index (χ1n) is 11.2. The van der Waals surface area contributed by atoms with Crippen LogP contribution in [0.5, 0.6) is 11.5 Å². The average molecular weight is 529 g/mol. The Hall–Kier alpha value is -4.12. The lowest BCUT2D eigenvalue weighted by atomic mass is 10.0. The number of anilines is 1. The fraction of sp³-hybridized carbons (Fsp3) is 0.192. The molecule has 0 aliphatic rings. The summed E-state index contributed by atoms with van der Waals surface area (Å²) in [6.45, 7) is 4.29. The number of hydrogen-bond acceptors (Lipinski definition) is 6. The van der Waals surface area contributed by atoms with Gasteiger partial charge in [0.25, 0.3) is 0 Å². The van der Waals surface area contributed by atoms with Gasteiger partial charge in [0.05, 0.1) is 6.21 Å². The molecule has 0 aliphatic carbocycles. The van der Waals surface area contributed by atoms with E-state index in [1.54, 1.807) is 12.3 Å². The van der Waals surface area contributed by atoms with E-state index in [1.165, 1.54) is 24.3 Å². The van der Waals surface area contributed by atoms with E-state index >= 15 is 0 Å². The highest BCUT2D eigenvalue weighted by Crippen LogP contribution is 2.26. The van der Waals surface area contributed by atoms with Gasteiger partial charge in [0.15, 0.2) is 10.7 Å². The van der Waals surface area contributed by atoms with Gasteiger partial charge in [0.1, 0.15) is 23.8 Å². The molecule has 11 heteroatoms. The molecule has 1 heterocycles. The van der Waals surface area contributed by atoms with Gasteiger partial charge in [-0.05, 0) is 71.7 Å².